The highest BCUT2D eigenvalue weighted by molar-refractivity contribution is 7.99. The van der Waals surface area contributed by atoms with Crippen molar-refractivity contribution in [2.45, 2.75) is 37.5 Å². The fraction of sp³-hybridized carbons (Fsp3) is 0.778. The van der Waals surface area contributed by atoms with Crippen molar-refractivity contribution in [3.63, 3.8) is 0 Å². The zero-order valence-corrected chi connectivity index (χ0v) is 9.60. The quantitative estimate of drug-likeness (QED) is 0.271. The Kier molecular flexibility index (Phi) is 4.90. The minimum absolute atomic E-state index is 0.111. The third kappa shape index (κ3) is 3.39. The van der Waals surface area contributed by atoms with E-state index in [-0.39, 0.29) is 6.04 Å². The van der Waals surface area contributed by atoms with E-state index >= 15 is 0 Å². The maximum Gasteiger partial charge on any atom is 0.323 e. The van der Waals surface area contributed by atoms with E-state index in [0.29, 0.717) is 5.25 Å². The van der Waals surface area contributed by atoms with Gasteiger partial charge in [-0.1, -0.05) is 13.3 Å². The second-order valence-electron chi connectivity index (χ2n) is 3.48. The van der Waals surface area contributed by atoms with Gasteiger partial charge in [-0.25, -0.2) is 5.84 Å². The summed E-state index contributed by atoms with van der Waals surface area (Å²) in [5, 5.41) is 3.15. The molecular formula is C9H17N3O2S. The minimum Gasteiger partial charge on any atom is -0.344 e. The molecule has 0 aliphatic heterocycles. The van der Waals surface area contributed by atoms with Gasteiger partial charge in [-0.05, 0) is 18.6 Å². The van der Waals surface area contributed by atoms with E-state index < -0.39 is 11.8 Å². The molecule has 0 saturated heterocycles. The molecule has 0 radical (unpaired) electrons. The van der Waals surface area contributed by atoms with Crippen LogP contribution in [0.25, 0.3) is 0 Å². The van der Waals surface area contributed by atoms with Gasteiger partial charge in [0.05, 0.1) is 0 Å². The summed E-state index contributed by atoms with van der Waals surface area (Å²) in [6.45, 7) is 2.09. The molecule has 6 heteroatoms. The highest BCUT2D eigenvalue weighted by atomic mass is 32.2. The van der Waals surface area contributed by atoms with E-state index in [0.717, 1.165) is 25.0 Å². The van der Waals surface area contributed by atoms with Gasteiger partial charge in [0.15, 0.2) is 0 Å². The number of hydrazine groups is 1. The molecule has 0 aromatic rings. The van der Waals surface area contributed by atoms with Gasteiger partial charge in [0, 0.05) is 11.3 Å². The monoisotopic (exact) mass is 231 g/mol. The number of hydrogen-bond acceptors (Lipinski definition) is 4. The average molecular weight is 231 g/mol. The topological polar surface area (TPSA) is 84.2 Å². The van der Waals surface area contributed by atoms with Crippen LogP contribution < -0.4 is 16.6 Å². The molecule has 2 unspecified atom stereocenters. The Morgan fingerprint density at radius 2 is 2.13 bits per heavy atom. The molecule has 0 bridgehead atoms. The summed E-state index contributed by atoms with van der Waals surface area (Å²) in [6.07, 6.45) is 3.15. The lowest BCUT2D eigenvalue weighted by atomic mass is 10.2. The molecule has 5 nitrogen and oxygen atoms in total. The smallest absolute Gasteiger partial charge is 0.323 e. The van der Waals surface area contributed by atoms with Crippen LogP contribution in [0.15, 0.2) is 0 Å². The molecule has 0 heterocycles. The Balaban J connectivity index is 2.43. The van der Waals surface area contributed by atoms with Gasteiger partial charge in [0.2, 0.25) is 0 Å². The molecule has 1 aliphatic rings. The van der Waals surface area contributed by atoms with Crippen molar-refractivity contribution in [1.82, 2.24) is 10.7 Å². The Labute approximate surface area is 93.5 Å². The molecule has 1 rings (SSSR count). The first-order valence-electron chi connectivity index (χ1n) is 5.12. The van der Waals surface area contributed by atoms with Crippen molar-refractivity contribution in [2.24, 2.45) is 5.84 Å². The summed E-state index contributed by atoms with van der Waals surface area (Å²) in [4.78, 5) is 22.2. The van der Waals surface area contributed by atoms with Crippen LogP contribution in [0.5, 0.6) is 0 Å². The Hall–Kier alpha value is -0.750. The Morgan fingerprint density at radius 1 is 1.40 bits per heavy atom. The minimum atomic E-state index is -0.776. The number of carbonyl (C=O) groups excluding carboxylic acids is 2. The summed E-state index contributed by atoms with van der Waals surface area (Å²) in [6, 6.07) is 0.111. The molecule has 1 saturated carbocycles. The molecule has 0 spiro atoms. The largest absolute Gasteiger partial charge is 0.344 e. The summed E-state index contributed by atoms with van der Waals surface area (Å²) in [5.41, 5.74) is 1.83. The van der Waals surface area contributed by atoms with Gasteiger partial charge < -0.3 is 5.32 Å². The Bertz CT molecular complexity index is 248. The van der Waals surface area contributed by atoms with Gasteiger partial charge in [0.1, 0.15) is 0 Å². The van der Waals surface area contributed by atoms with Crippen LogP contribution >= 0.6 is 11.8 Å². The first kappa shape index (κ1) is 12.3. The zero-order valence-electron chi connectivity index (χ0n) is 8.79. The van der Waals surface area contributed by atoms with Gasteiger partial charge in [-0.3, -0.25) is 15.0 Å². The Morgan fingerprint density at radius 3 is 2.73 bits per heavy atom. The number of rotatable bonds is 3. The van der Waals surface area contributed by atoms with Crippen molar-refractivity contribution in [3.05, 3.63) is 0 Å². The number of hydrogen-bond donors (Lipinski definition) is 3. The number of amides is 2. The standard InChI is InChI=1S/C9H17N3O2S/c1-2-15-7-5-3-4-6(7)11-8(13)9(14)12-10/h6-7H,2-5,10H2,1H3,(H,11,13)(H,12,14). The summed E-state index contributed by atoms with van der Waals surface area (Å²) < 4.78 is 0. The van der Waals surface area contributed by atoms with E-state index in [2.05, 4.69) is 12.2 Å². The van der Waals surface area contributed by atoms with Crippen molar-refractivity contribution in [2.75, 3.05) is 5.75 Å². The fourth-order valence-electron chi connectivity index (χ4n) is 1.80. The fourth-order valence-corrected chi connectivity index (χ4v) is 3.00. The molecule has 15 heavy (non-hydrogen) atoms. The van der Waals surface area contributed by atoms with Crippen molar-refractivity contribution >= 4 is 23.6 Å². The van der Waals surface area contributed by atoms with Crippen LogP contribution in [-0.2, 0) is 9.59 Å². The maximum atomic E-state index is 11.3. The van der Waals surface area contributed by atoms with Crippen molar-refractivity contribution < 1.29 is 9.59 Å². The van der Waals surface area contributed by atoms with Gasteiger partial charge in [-0.15, -0.1) is 0 Å². The van der Waals surface area contributed by atoms with E-state index in [9.17, 15) is 9.59 Å². The normalized spacial score (nSPS) is 24.9. The van der Waals surface area contributed by atoms with Gasteiger partial charge in [0.25, 0.3) is 0 Å². The molecule has 0 aromatic heterocycles. The maximum absolute atomic E-state index is 11.3. The summed E-state index contributed by atoms with van der Waals surface area (Å²) >= 11 is 1.83. The lowest BCUT2D eigenvalue weighted by molar-refractivity contribution is -0.139. The molecular weight excluding hydrogens is 214 g/mol. The van der Waals surface area contributed by atoms with E-state index in [1.54, 1.807) is 0 Å². The molecule has 0 aromatic carbocycles. The van der Waals surface area contributed by atoms with E-state index in [1.807, 2.05) is 17.2 Å². The molecule has 1 aliphatic carbocycles. The molecule has 86 valence electrons. The molecule has 2 atom stereocenters. The number of carbonyl (C=O) groups is 2. The van der Waals surface area contributed by atoms with Crippen LogP contribution in [0.4, 0.5) is 0 Å². The molecule has 2 amide bonds. The predicted molar refractivity (Wildman–Crippen MR) is 60.0 cm³/mol. The molecule has 1 fully saturated rings. The number of thioether (sulfide) groups is 1. The highest BCUT2D eigenvalue weighted by Crippen LogP contribution is 2.29. The lowest BCUT2D eigenvalue weighted by Crippen LogP contribution is -2.48. The third-order valence-electron chi connectivity index (χ3n) is 2.49. The van der Waals surface area contributed by atoms with Crippen molar-refractivity contribution in [3.8, 4) is 0 Å². The van der Waals surface area contributed by atoms with Crippen LogP contribution in [0.1, 0.15) is 26.2 Å². The van der Waals surface area contributed by atoms with Crippen LogP contribution in [0.3, 0.4) is 0 Å². The SMILES string of the molecule is CCSC1CCCC1NC(=O)C(=O)NN. The van der Waals surface area contributed by atoms with Crippen molar-refractivity contribution in [1.29, 1.82) is 0 Å². The van der Waals surface area contributed by atoms with Gasteiger partial charge >= 0.3 is 11.8 Å². The second-order valence-corrected chi connectivity index (χ2v) is 4.99. The molecule has 4 N–H and O–H groups in total. The van der Waals surface area contributed by atoms with E-state index in [4.69, 9.17) is 5.84 Å². The first-order chi connectivity index (χ1) is 7.19. The van der Waals surface area contributed by atoms with Crippen LogP contribution in [0, 0.1) is 0 Å². The van der Waals surface area contributed by atoms with Crippen LogP contribution in [0.2, 0.25) is 0 Å². The predicted octanol–water partition coefficient (Wildman–Crippen LogP) is -0.233. The second kappa shape index (κ2) is 5.97. The van der Waals surface area contributed by atoms with Crippen LogP contribution in [-0.4, -0.2) is 28.9 Å². The average Bonchev–Trinajstić information content (AvgIpc) is 2.65. The third-order valence-corrected chi connectivity index (χ3v) is 3.81. The van der Waals surface area contributed by atoms with Gasteiger partial charge in [-0.2, -0.15) is 11.8 Å². The number of nitrogens with one attached hydrogen (secondary N) is 2. The summed E-state index contributed by atoms with van der Waals surface area (Å²) in [5.74, 6) is 4.49. The summed E-state index contributed by atoms with van der Waals surface area (Å²) in [7, 11) is 0. The number of nitrogens with two attached hydrogens (primary N) is 1. The first-order valence-corrected chi connectivity index (χ1v) is 6.17. The van der Waals surface area contributed by atoms with E-state index in [1.165, 1.54) is 0 Å². The zero-order chi connectivity index (χ0) is 11.3. The highest BCUT2D eigenvalue weighted by Gasteiger charge is 2.29. The lowest BCUT2D eigenvalue weighted by Gasteiger charge is -2.19.